The minimum atomic E-state index is -0.229. The number of carbonyl (C=O) groups is 1. The van der Waals surface area contributed by atoms with Crippen molar-refractivity contribution >= 4 is 29.5 Å². The first-order valence-electron chi connectivity index (χ1n) is 11.6. The van der Waals surface area contributed by atoms with Gasteiger partial charge in [-0.2, -0.15) is 0 Å². The Morgan fingerprint density at radius 2 is 1.39 bits per heavy atom. The zero-order valence-electron chi connectivity index (χ0n) is 21.6. The van der Waals surface area contributed by atoms with Gasteiger partial charge in [-0.25, -0.2) is 0 Å². The van der Waals surface area contributed by atoms with Crippen molar-refractivity contribution in [2.24, 2.45) is 0 Å². The number of ether oxygens (including phenoxy) is 7. The molecule has 10 heteroatoms. The Labute approximate surface area is 221 Å². The smallest absolute Gasteiger partial charge is 0.305 e. The lowest BCUT2D eigenvalue weighted by Gasteiger charge is -2.19. The molecule has 0 spiro atoms. The summed E-state index contributed by atoms with van der Waals surface area (Å²) in [6, 6.07) is 8.00. The van der Waals surface area contributed by atoms with Crippen LogP contribution in [0, 0.1) is 0 Å². The molecule has 0 saturated carbocycles. The van der Waals surface area contributed by atoms with Crippen molar-refractivity contribution in [1.82, 2.24) is 0 Å². The summed E-state index contributed by atoms with van der Waals surface area (Å²) in [5, 5.41) is 0.222. The van der Waals surface area contributed by atoms with Crippen molar-refractivity contribution in [3.63, 3.8) is 0 Å². The quantitative estimate of drug-likeness (QED) is 0.235. The largest absolute Gasteiger partial charge is 0.493 e. The van der Waals surface area contributed by atoms with Gasteiger partial charge in [0.15, 0.2) is 23.0 Å². The molecule has 2 atom stereocenters. The summed E-state index contributed by atoms with van der Waals surface area (Å²) >= 11 is 3.71. The molecule has 1 heterocycles. The molecular weight excluding hydrogens is 504 g/mol. The topological polar surface area (TPSA) is 81.7 Å². The summed E-state index contributed by atoms with van der Waals surface area (Å²) in [6.45, 7) is 2.52. The monoisotopic (exact) mass is 538 g/mol. The van der Waals surface area contributed by atoms with E-state index in [0.717, 1.165) is 16.9 Å². The molecule has 1 saturated heterocycles. The second-order valence-corrected chi connectivity index (χ2v) is 10.5. The Kier molecular flexibility index (Phi) is 10.6. The summed E-state index contributed by atoms with van der Waals surface area (Å²) in [5.41, 5.74) is 2.19. The summed E-state index contributed by atoms with van der Waals surface area (Å²) in [6.07, 6.45) is 0.841. The molecule has 1 aliphatic heterocycles. The highest BCUT2D eigenvalue weighted by molar-refractivity contribution is 8.19. The van der Waals surface area contributed by atoms with Crippen LogP contribution in [-0.2, 0) is 9.53 Å². The Balaban J connectivity index is 1.75. The number of carbonyl (C=O) groups excluding carboxylic acids is 1. The van der Waals surface area contributed by atoms with Crippen molar-refractivity contribution < 1.29 is 38.0 Å². The SMILES string of the molecule is CCOC(=O)CCCOc1c(OC)cc([C@@H]2CS[C@@H](c3cc(OC)c(OC)c(OC)c3)S2)cc1OC. The predicted molar refractivity (Wildman–Crippen MR) is 143 cm³/mol. The fourth-order valence-corrected chi connectivity index (χ4v) is 7.10. The van der Waals surface area contributed by atoms with Crippen LogP contribution >= 0.6 is 23.5 Å². The van der Waals surface area contributed by atoms with E-state index >= 15 is 0 Å². The Morgan fingerprint density at radius 3 is 1.92 bits per heavy atom. The molecule has 0 amide bonds. The summed E-state index contributed by atoms with van der Waals surface area (Å²) in [7, 11) is 8.07. The Hall–Kier alpha value is -2.59. The summed E-state index contributed by atoms with van der Waals surface area (Å²) < 4.78 is 38.9. The van der Waals surface area contributed by atoms with Gasteiger partial charge in [0.05, 0.1) is 53.3 Å². The van der Waals surface area contributed by atoms with Crippen LogP contribution in [0.4, 0.5) is 0 Å². The molecule has 2 aromatic carbocycles. The van der Waals surface area contributed by atoms with E-state index in [9.17, 15) is 4.79 Å². The Morgan fingerprint density at radius 1 is 0.833 bits per heavy atom. The van der Waals surface area contributed by atoms with Gasteiger partial charge < -0.3 is 33.2 Å². The molecule has 3 rings (SSSR count). The van der Waals surface area contributed by atoms with E-state index in [0.29, 0.717) is 60.6 Å². The second-order valence-electron chi connectivity index (χ2n) is 7.76. The predicted octanol–water partition coefficient (Wildman–Crippen LogP) is 5.67. The molecule has 1 aliphatic rings. The van der Waals surface area contributed by atoms with Crippen molar-refractivity contribution in [3.05, 3.63) is 35.4 Å². The van der Waals surface area contributed by atoms with Gasteiger partial charge in [0, 0.05) is 17.4 Å². The molecule has 0 aliphatic carbocycles. The van der Waals surface area contributed by atoms with Crippen molar-refractivity contribution in [3.8, 4) is 34.5 Å². The van der Waals surface area contributed by atoms with Crippen LogP contribution in [0.2, 0.25) is 0 Å². The fourth-order valence-electron chi connectivity index (χ4n) is 3.84. The van der Waals surface area contributed by atoms with Gasteiger partial charge in [-0.15, -0.1) is 23.5 Å². The third kappa shape index (κ3) is 6.59. The third-order valence-corrected chi connectivity index (χ3v) is 8.92. The number of thioether (sulfide) groups is 2. The molecule has 0 aromatic heterocycles. The first-order chi connectivity index (χ1) is 17.5. The normalized spacial score (nSPS) is 16.8. The van der Waals surface area contributed by atoms with E-state index in [1.54, 1.807) is 42.5 Å². The van der Waals surface area contributed by atoms with Crippen LogP contribution in [0.5, 0.6) is 34.5 Å². The molecule has 36 heavy (non-hydrogen) atoms. The van der Waals surface area contributed by atoms with Crippen molar-refractivity contribution in [1.29, 1.82) is 0 Å². The lowest BCUT2D eigenvalue weighted by atomic mass is 10.1. The zero-order valence-corrected chi connectivity index (χ0v) is 23.2. The van der Waals surface area contributed by atoms with E-state index in [1.807, 2.05) is 47.8 Å². The first-order valence-corrected chi connectivity index (χ1v) is 13.6. The van der Waals surface area contributed by atoms with E-state index in [4.69, 9.17) is 33.2 Å². The van der Waals surface area contributed by atoms with Gasteiger partial charge in [-0.05, 0) is 48.7 Å². The van der Waals surface area contributed by atoms with Gasteiger partial charge in [-0.1, -0.05) is 0 Å². The molecule has 8 nitrogen and oxygen atoms in total. The average Bonchev–Trinajstić information content (AvgIpc) is 3.40. The zero-order chi connectivity index (χ0) is 26.1. The maximum absolute atomic E-state index is 11.6. The number of hydrogen-bond donors (Lipinski definition) is 0. The van der Waals surface area contributed by atoms with Gasteiger partial charge >= 0.3 is 5.97 Å². The minimum absolute atomic E-state index is 0.194. The van der Waals surface area contributed by atoms with Crippen LogP contribution in [-0.4, -0.2) is 60.5 Å². The highest BCUT2D eigenvalue weighted by Gasteiger charge is 2.31. The highest BCUT2D eigenvalue weighted by Crippen LogP contribution is 2.58. The minimum Gasteiger partial charge on any atom is -0.493 e. The van der Waals surface area contributed by atoms with Gasteiger partial charge in [0.2, 0.25) is 11.5 Å². The standard InChI is InChI=1S/C26H34O8S2/c1-7-33-23(27)9-8-10-34-25-20(30-4)11-16(12-21(25)31-5)22-15-35-26(36-22)17-13-18(28-2)24(32-6)19(14-17)29-3/h11-14,22,26H,7-10,15H2,1-6H3/t22-,26+/m0/s1. The van der Waals surface area contributed by atoms with Crippen LogP contribution in [0.25, 0.3) is 0 Å². The molecule has 0 N–H and O–H groups in total. The second kappa shape index (κ2) is 13.6. The number of methoxy groups -OCH3 is 5. The lowest BCUT2D eigenvalue weighted by molar-refractivity contribution is -0.143. The number of hydrogen-bond acceptors (Lipinski definition) is 10. The summed E-state index contributed by atoms with van der Waals surface area (Å²) in [4.78, 5) is 11.6. The van der Waals surface area contributed by atoms with E-state index in [1.165, 1.54) is 0 Å². The van der Waals surface area contributed by atoms with Crippen LogP contribution in [0.3, 0.4) is 0 Å². The molecule has 2 aromatic rings. The lowest BCUT2D eigenvalue weighted by Crippen LogP contribution is -2.08. The maximum Gasteiger partial charge on any atom is 0.305 e. The molecular formula is C26H34O8S2. The number of benzene rings is 2. The van der Waals surface area contributed by atoms with Crippen molar-refractivity contribution in [2.45, 2.75) is 29.6 Å². The number of rotatable bonds is 13. The maximum atomic E-state index is 11.6. The van der Waals surface area contributed by atoms with E-state index < -0.39 is 0 Å². The van der Waals surface area contributed by atoms with E-state index in [2.05, 4.69) is 0 Å². The fraction of sp³-hybridized carbons (Fsp3) is 0.500. The molecule has 0 unspecified atom stereocenters. The molecule has 198 valence electrons. The van der Waals surface area contributed by atoms with Gasteiger partial charge in [0.25, 0.3) is 0 Å². The van der Waals surface area contributed by atoms with E-state index in [-0.39, 0.29) is 15.8 Å². The molecule has 1 fully saturated rings. The van der Waals surface area contributed by atoms with Gasteiger partial charge in [-0.3, -0.25) is 4.79 Å². The molecule has 0 bridgehead atoms. The van der Waals surface area contributed by atoms with Gasteiger partial charge in [0.1, 0.15) is 0 Å². The highest BCUT2D eigenvalue weighted by atomic mass is 32.2. The first kappa shape index (κ1) is 28.0. The van der Waals surface area contributed by atoms with Crippen LogP contribution in [0.15, 0.2) is 24.3 Å². The third-order valence-electron chi connectivity index (χ3n) is 5.58. The van der Waals surface area contributed by atoms with Crippen LogP contribution < -0.4 is 28.4 Å². The molecule has 0 radical (unpaired) electrons. The Bertz CT molecular complexity index is 979. The van der Waals surface area contributed by atoms with Crippen LogP contribution in [0.1, 0.15) is 40.7 Å². The van der Waals surface area contributed by atoms with Crippen molar-refractivity contribution in [2.75, 3.05) is 54.5 Å². The summed E-state index contributed by atoms with van der Waals surface area (Å²) in [5.74, 6) is 4.29. The average molecular weight is 539 g/mol. The number of esters is 1.